The topological polar surface area (TPSA) is 9.23 Å². The van der Waals surface area contributed by atoms with E-state index < -0.39 is 0 Å². The highest BCUT2D eigenvalue weighted by Gasteiger charge is 2.05. The predicted molar refractivity (Wildman–Crippen MR) is 80.1 cm³/mol. The fourth-order valence-electron chi connectivity index (χ4n) is 1.32. The number of thiophene rings is 1. The SMILES string of the molecule is ClCc1ccc(OCc2sccc2Br)c(Br)c1. The molecule has 0 aliphatic heterocycles. The van der Waals surface area contributed by atoms with Gasteiger partial charge in [0.25, 0.3) is 0 Å². The minimum atomic E-state index is 0.509. The zero-order valence-corrected chi connectivity index (χ0v) is 13.5. The van der Waals surface area contributed by atoms with Crippen molar-refractivity contribution in [2.45, 2.75) is 12.5 Å². The normalized spacial score (nSPS) is 10.5. The highest BCUT2D eigenvalue weighted by atomic mass is 79.9. The van der Waals surface area contributed by atoms with Gasteiger partial charge in [-0.25, -0.2) is 0 Å². The average Bonchev–Trinajstić information content (AvgIpc) is 2.73. The van der Waals surface area contributed by atoms with Crippen molar-refractivity contribution in [3.8, 4) is 5.75 Å². The van der Waals surface area contributed by atoms with Gasteiger partial charge in [0.05, 0.1) is 9.35 Å². The van der Waals surface area contributed by atoms with Crippen molar-refractivity contribution in [2.24, 2.45) is 0 Å². The maximum absolute atomic E-state index is 5.76. The zero-order valence-electron chi connectivity index (χ0n) is 8.75. The summed E-state index contributed by atoms with van der Waals surface area (Å²) in [7, 11) is 0. The van der Waals surface area contributed by atoms with Crippen molar-refractivity contribution in [1.29, 1.82) is 0 Å². The Labute approximate surface area is 126 Å². The molecule has 0 fully saturated rings. The summed E-state index contributed by atoms with van der Waals surface area (Å²) in [6, 6.07) is 7.90. The van der Waals surface area contributed by atoms with Gasteiger partial charge in [-0.15, -0.1) is 22.9 Å². The van der Waals surface area contributed by atoms with Gasteiger partial charge in [-0.3, -0.25) is 0 Å². The van der Waals surface area contributed by atoms with Crippen LogP contribution in [-0.2, 0) is 12.5 Å². The number of hydrogen-bond acceptors (Lipinski definition) is 2. The Bertz CT molecular complexity index is 513. The van der Waals surface area contributed by atoms with E-state index in [1.54, 1.807) is 11.3 Å². The molecule has 0 amide bonds. The van der Waals surface area contributed by atoms with Crippen LogP contribution in [0.4, 0.5) is 0 Å². The molecule has 0 N–H and O–H groups in total. The average molecular weight is 397 g/mol. The molecule has 0 saturated heterocycles. The van der Waals surface area contributed by atoms with Crippen LogP contribution in [0.2, 0.25) is 0 Å². The first kappa shape index (κ1) is 13.4. The summed E-state index contributed by atoms with van der Waals surface area (Å²) < 4.78 is 7.78. The van der Waals surface area contributed by atoms with E-state index >= 15 is 0 Å². The van der Waals surface area contributed by atoms with Gasteiger partial charge in [0, 0.05) is 10.4 Å². The number of hydrogen-bond donors (Lipinski definition) is 0. The van der Waals surface area contributed by atoms with Crippen LogP contribution in [0.3, 0.4) is 0 Å². The zero-order chi connectivity index (χ0) is 12.3. The molecular formula is C12H9Br2ClOS. The van der Waals surface area contributed by atoms with Crippen molar-refractivity contribution in [3.63, 3.8) is 0 Å². The second-order valence-electron chi connectivity index (χ2n) is 3.38. The van der Waals surface area contributed by atoms with E-state index in [2.05, 4.69) is 31.9 Å². The van der Waals surface area contributed by atoms with Crippen LogP contribution < -0.4 is 4.74 Å². The molecule has 2 aromatic rings. The number of halogens is 3. The Morgan fingerprint density at radius 1 is 1.18 bits per heavy atom. The highest BCUT2D eigenvalue weighted by Crippen LogP contribution is 2.29. The third-order valence-corrected chi connectivity index (χ3v) is 5.03. The van der Waals surface area contributed by atoms with Gasteiger partial charge < -0.3 is 4.74 Å². The fourth-order valence-corrected chi connectivity index (χ4v) is 3.40. The van der Waals surface area contributed by atoms with Gasteiger partial charge >= 0.3 is 0 Å². The summed E-state index contributed by atoms with van der Waals surface area (Å²) in [5, 5.41) is 2.04. The molecule has 0 radical (unpaired) electrons. The van der Waals surface area contributed by atoms with Crippen LogP contribution in [0.5, 0.6) is 5.75 Å². The molecule has 0 atom stereocenters. The van der Waals surface area contributed by atoms with Crippen molar-refractivity contribution in [1.82, 2.24) is 0 Å². The van der Waals surface area contributed by atoms with Gasteiger partial charge in [0.2, 0.25) is 0 Å². The van der Waals surface area contributed by atoms with E-state index in [0.29, 0.717) is 12.5 Å². The second-order valence-corrected chi connectivity index (χ2v) is 6.36. The van der Waals surface area contributed by atoms with Crippen LogP contribution in [0.15, 0.2) is 38.6 Å². The van der Waals surface area contributed by atoms with E-state index in [1.165, 1.54) is 4.88 Å². The van der Waals surface area contributed by atoms with Crippen molar-refractivity contribution in [2.75, 3.05) is 0 Å². The maximum atomic E-state index is 5.76. The molecule has 0 saturated carbocycles. The summed E-state index contributed by atoms with van der Waals surface area (Å²) in [5.41, 5.74) is 1.07. The Balaban J connectivity index is 2.07. The van der Waals surface area contributed by atoms with Crippen LogP contribution in [-0.4, -0.2) is 0 Å². The molecule has 0 spiro atoms. The van der Waals surface area contributed by atoms with Gasteiger partial charge in [-0.05, 0) is 61.0 Å². The maximum Gasteiger partial charge on any atom is 0.134 e. The first-order valence-electron chi connectivity index (χ1n) is 4.90. The molecule has 1 aromatic heterocycles. The Hall–Kier alpha value is -0.0300. The quantitative estimate of drug-likeness (QED) is 0.612. The lowest BCUT2D eigenvalue weighted by Gasteiger charge is -2.08. The number of rotatable bonds is 4. The summed E-state index contributed by atoms with van der Waals surface area (Å²) >= 11 is 14.4. The summed E-state index contributed by atoms with van der Waals surface area (Å²) in [4.78, 5) is 1.18. The lowest BCUT2D eigenvalue weighted by molar-refractivity contribution is 0.307. The van der Waals surface area contributed by atoms with Gasteiger partial charge in [-0.2, -0.15) is 0 Å². The molecule has 17 heavy (non-hydrogen) atoms. The molecule has 1 heterocycles. The Kier molecular flexibility index (Phi) is 4.91. The van der Waals surface area contributed by atoms with Gasteiger partial charge in [0.1, 0.15) is 12.4 Å². The third kappa shape index (κ3) is 3.47. The molecule has 0 aliphatic carbocycles. The highest BCUT2D eigenvalue weighted by molar-refractivity contribution is 9.10. The van der Waals surface area contributed by atoms with E-state index in [9.17, 15) is 0 Å². The second kappa shape index (κ2) is 6.23. The summed E-state index contributed by atoms with van der Waals surface area (Å²) in [6.07, 6.45) is 0. The van der Waals surface area contributed by atoms with Gasteiger partial charge in [0.15, 0.2) is 0 Å². The van der Waals surface area contributed by atoms with Crippen molar-refractivity contribution >= 4 is 54.8 Å². The minimum absolute atomic E-state index is 0.509. The van der Waals surface area contributed by atoms with Crippen molar-refractivity contribution < 1.29 is 4.74 Å². The molecule has 1 nitrogen and oxygen atoms in total. The lowest BCUT2D eigenvalue weighted by atomic mass is 10.2. The first-order valence-corrected chi connectivity index (χ1v) is 7.90. The standard InChI is InChI=1S/C12H9Br2ClOS/c13-9-3-4-17-12(9)7-16-11-2-1-8(6-15)5-10(11)14/h1-5H,6-7H2. The Morgan fingerprint density at radius 3 is 2.59 bits per heavy atom. The van der Waals surface area contributed by atoms with E-state index in [1.807, 2.05) is 29.6 Å². The summed E-state index contributed by atoms with van der Waals surface area (Å²) in [6.45, 7) is 0.567. The number of benzene rings is 1. The minimum Gasteiger partial charge on any atom is -0.487 e. The monoisotopic (exact) mass is 394 g/mol. The molecule has 5 heteroatoms. The summed E-state index contributed by atoms with van der Waals surface area (Å²) in [5.74, 6) is 1.34. The predicted octanol–water partition coefficient (Wildman–Crippen LogP) is 5.59. The van der Waals surface area contributed by atoms with E-state index in [0.717, 1.165) is 20.3 Å². The number of alkyl halides is 1. The van der Waals surface area contributed by atoms with Crippen LogP contribution in [0, 0.1) is 0 Å². The van der Waals surface area contributed by atoms with Crippen LogP contribution in [0.1, 0.15) is 10.4 Å². The molecule has 90 valence electrons. The fraction of sp³-hybridized carbons (Fsp3) is 0.167. The first-order chi connectivity index (χ1) is 8.20. The molecule has 0 bridgehead atoms. The molecule has 0 aliphatic rings. The molecule has 1 aromatic carbocycles. The van der Waals surface area contributed by atoms with E-state index in [4.69, 9.17) is 16.3 Å². The number of ether oxygens (including phenoxy) is 1. The van der Waals surface area contributed by atoms with Crippen molar-refractivity contribution in [3.05, 3.63) is 49.0 Å². The van der Waals surface area contributed by atoms with Crippen LogP contribution in [0.25, 0.3) is 0 Å². The molecule has 0 unspecified atom stereocenters. The largest absolute Gasteiger partial charge is 0.487 e. The third-order valence-electron chi connectivity index (χ3n) is 2.20. The van der Waals surface area contributed by atoms with Crippen LogP contribution >= 0.6 is 54.8 Å². The van der Waals surface area contributed by atoms with E-state index in [-0.39, 0.29) is 0 Å². The molecular weight excluding hydrogens is 387 g/mol. The molecule has 2 rings (SSSR count). The smallest absolute Gasteiger partial charge is 0.134 e. The Morgan fingerprint density at radius 2 is 2.00 bits per heavy atom. The van der Waals surface area contributed by atoms with Gasteiger partial charge in [-0.1, -0.05) is 6.07 Å². The lowest BCUT2D eigenvalue weighted by Crippen LogP contribution is -1.94.